The first-order chi connectivity index (χ1) is 16.9. The number of hydrogen-bond donors (Lipinski definition) is 3. The van der Waals surface area contributed by atoms with Crippen molar-refractivity contribution in [2.24, 2.45) is 5.73 Å². The maximum atomic E-state index is 13.4. The first-order valence-corrected chi connectivity index (χ1v) is 11.9. The van der Waals surface area contributed by atoms with Crippen LogP contribution in [0.2, 0.25) is 0 Å². The maximum Gasteiger partial charge on any atom is 0.263 e. The number of anilines is 1. The molecule has 3 heterocycles. The fraction of sp³-hybridized carbons (Fsp3) is 0.440. The fourth-order valence-electron chi connectivity index (χ4n) is 4.60. The number of primary amides is 1. The largest absolute Gasteiger partial charge is 0.461 e. The molecule has 0 radical (unpaired) electrons. The second kappa shape index (κ2) is 10.5. The summed E-state index contributed by atoms with van der Waals surface area (Å²) in [6.07, 6.45) is 3.98. The van der Waals surface area contributed by atoms with Crippen molar-refractivity contribution in [2.75, 3.05) is 31.5 Å². The number of amides is 3. The topological polar surface area (TPSA) is 145 Å². The molecule has 1 atom stereocenters. The Morgan fingerprint density at radius 1 is 1.17 bits per heavy atom. The van der Waals surface area contributed by atoms with Crippen LogP contribution in [0.4, 0.5) is 5.69 Å². The van der Waals surface area contributed by atoms with Crippen LogP contribution >= 0.6 is 0 Å². The van der Waals surface area contributed by atoms with Crippen LogP contribution in [0.3, 0.4) is 0 Å². The number of nitrogens with two attached hydrogens (primary N) is 1. The first-order valence-electron chi connectivity index (χ1n) is 11.9. The summed E-state index contributed by atoms with van der Waals surface area (Å²) in [7, 11) is 0. The molecule has 0 bridgehead atoms. The molecule has 2 saturated heterocycles. The molecule has 0 saturated carbocycles. The quantitative estimate of drug-likeness (QED) is 0.407. The summed E-state index contributed by atoms with van der Waals surface area (Å²) in [5, 5.41) is 16.6. The number of rotatable bonds is 7. The lowest BCUT2D eigenvalue weighted by Crippen LogP contribution is -2.49. The van der Waals surface area contributed by atoms with Gasteiger partial charge in [-0.15, -0.1) is 0 Å². The summed E-state index contributed by atoms with van der Waals surface area (Å²) >= 11 is 0. The van der Waals surface area contributed by atoms with Gasteiger partial charge in [0.05, 0.1) is 6.54 Å². The lowest BCUT2D eigenvalue weighted by atomic mass is 10.1. The average Bonchev–Trinajstić information content (AvgIpc) is 3.45. The molecule has 0 unspecified atom stereocenters. The number of aryl methyl sites for hydroxylation is 1. The summed E-state index contributed by atoms with van der Waals surface area (Å²) in [5.41, 5.74) is 6.46. The van der Waals surface area contributed by atoms with E-state index in [-0.39, 0.29) is 29.8 Å². The van der Waals surface area contributed by atoms with Crippen LogP contribution in [0.15, 0.2) is 40.1 Å². The van der Waals surface area contributed by atoms with E-state index < -0.39 is 11.9 Å². The third kappa shape index (κ3) is 5.57. The Morgan fingerprint density at radius 3 is 2.63 bits per heavy atom. The maximum absolute atomic E-state index is 13.4. The van der Waals surface area contributed by atoms with E-state index in [2.05, 4.69) is 10.6 Å². The predicted octanol–water partition coefficient (Wildman–Crippen LogP) is 1.97. The van der Waals surface area contributed by atoms with Gasteiger partial charge < -0.3 is 30.6 Å². The van der Waals surface area contributed by atoms with E-state index in [0.29, 0.717) is 24.2 Å². The molecule has 10 heteroatoms. The number of nitriles is 1. The standard InChI is InChI=1S/C25H30N6O4/c1-16-12-17-13-18(7-8-21(17)35-16)28-24(19(14-26)23(27)33)29-20-6-2-3-11-31(25(20)34)15-22(32)30-9-4-5-10-30/h7-8,12-13,20,28-29H,2-6,9-11,15H2,1H3,(H2,27,33)/b24-19-/t20-/m0/s1. The molecular weight excluding hydrogens is 448 g/mol. The van der Waals surface area contributed by atoms with Crippen molar-refractivity contribution in [3.63, 3.8) is 0 Å². The van der Waals surface area contributed by atoms with E-state index in [1.54, 1.807) is 21.9 Å². The minimum atomic E-state index is -0.912. The number of nitrogens with zero attached hydrogens (tertiary/aromatic N) is 3. The van der Waals surface area contributed by atoms with Gasteiger partial charge >= 0.3 is 0 Å². The van der Waals surface area contributed by atoms with Crippen molar-refractivity contribution in [2.45, 2.75) is 45.1 Å². The zero-order valence-electron chi connectivity index (χ0n) is 19.8. The summed E-state index contributed by atoms with van der Waals surface area (Å²) in [4.78, 5) is 41.4. The average molecular weight is 479 g/mol. The molecule has 2 aromatic rings. The van der Waals surface area contributed by atoms with E-state index in [0.717, 1.165) is 49.9 Å². The highest BCUT2D eigenvalue weighted by molar-refractivity contribution is 5.97. The van der Waals surface area contributed by atoms with Crippen molar-refractivity contribution in [3.05, 3.63) is 41.4 Å². The zero-order chi connectivity index (χ0) is 24.9. The van der Waals surface area contributed by atoms with E-state index in [4.69, 9.17) is 10.2 Å². The Balaban J connectivity index is 1.56. The minimum Gasteiger partial charge on any atom is -0.461 e. The Bertz CT molecular complexity index is 1200. The van der Waals surface area contributed by atoms with Crippen LogP contribution < -0.4 is 16.4 Å². The van der Waals surface area contributed by atoms with Gasteiger partial charge in [-0.1, -0.05) is 0 Å². The normalized spacial score (nSPS) is 19.2. The van der Waals surface area contributed by atoms with Gasteiger partial charge in [0.2, 0.25) is 11.8 Å². The smallest absolute Gasteiger partial charge is 0.263 e. The van der Waals surface area contributed by atoms with Crippen molar-refractivity contribution in [1.29, 1.82) is 5.26 Å². The number of carbonyl (C=O) groups is 3. The Kier molecular flexibility index (Phi) is 7.25. The molecule has 3 amide bonds. The SMILES string of the molecule is Cc1cc2cc(N/C(N[C@H]3CCCCN(CC(=O)N4CCCC4)C3=O)=C(\C#N)C(N)=O)ccc2o1. The van der Waals surface area contributed by atoms with Crippen LogP contribution in [-0.4, -0.2) is 59.7 Å². The Morgan fingerprint density at radius 2 is 1.91 bits per heavy atom. The van der Waals surface area contributed by atoms with Gasteiger partial charge in [0.1, 0.15) is 29.3 Å². The Labute approximate surface area is 203 Å². The molecule has 2 aliphatic rings. The molecule has 2 aliphatic heterocycles. The summed E-state index contributed by atoms with van der Waals surface area (Å²) in [6, 6.07) is 8.35. The third-order valence-electron chi connectivity index (χ3n) is 6.40. The van der Waals surface area contributed by atoms with Gasteiger partial charge in [0.15, 0.2) is 5.57 Å². The highest BCUT2D eigenvalue weighted by Crippen LogP contribution is 2.24. The molecule has 35 heavy (non-hydrogen) atoms. The number of hydrogen-bond acceptors (Lipinski definition) is 7. The van der Waals surface area contributed by atoms with Crippen LogP contribution in [0.25, 0.3) is 11.0 Å². The van der Waals surface area contributed by atoms with Crippen molar-refractivity contribution >= 4 is 34.4 Å². The van der Waals surface area contributed by atoms with Gasteiger partial charge in [-0.3, -0.25) is 14.4 Å². The van der Waals surface area contributed by atoms with Crippen LogP contribution in [0.1, 0.15) is 37.9 Å². The summed E-state index contributed by atoms with van der Waals surface area (Å²) in [6.45, 7) is 3.81. The molecule has 4 rings (SSSR count). The molecule has 1 aromatic heterocycles. The van der Waals surface area contributed by atoms with Crippen LogP contribution in [0, 0.1) is 18.3 Å². The number of carbonyl (C=O) groups excluding carboxylic acids is 3. The van der Waals surface area contributed by atoms with Crippen molar-refractivity contribution < 1.29 is 18.8 Å². The minimum absolute atomic E-state index is 0.0287. The van der Waals surface area contributed by atoms with Gasteiger partial charge in [0, 0.05) is 30.7 Å². The summed E-state index contributed by atoms with van der Waals surface area (Å²) < 4.78 is 5.60. The first kappa shape index (κ1) is 24.1. The highest BCUT2D eigenvalue weighted by atomic mass is 16.3. The van der Waals surface area contributed by atoms with E-state index in [1.165, 1.54) is 0 Å². The number of benzene rings is 1. The highest BCUT2D eigenvalue weighted by Gasteiger charge is 2.31. The molecule has 4 N–H and O–H groups in total. The number of fused-ring (bicyclic) bond motifs is 1. The lowest BCUT2D eigenvalue weighted by Gasteiger charge is -2.28. The Hall–Kier alpha value is -4.00. The van der Waals surface area contributed by atoms with Gasteiger partial charge in [0.25, 0.3) is 5.91 Å². The molecule has 0 aliphatic carbocycles. The fourth-order valence-corrected chi connectivity index (χ4v) is 4.60. The van der Waals surface area contributed by atoms with E-state index in [1.807, 2.05) is 25.1 Å². The van der Waals surface area contributed by atoms with Gasteiger partial charge in [-0.2, -0.15) is 5.26 Å². The van der Waals surface area contributed by atoms with Crippen molar-refractivity contribution in [3.8, 4) is 6.07 Å². The van der Waals surface area contributed by atoms with E-state index >= 15 is 0 Å². The number of likely N-dealkylation sites (tertiary alicyclic amines) is 2. The molecular formula is C25H30N6O4. The van der Waals surface area contributed by atoms with Gasteiger partial charge in [-0.05, 0) is 63.3 Å². The molecule has 0 spiro atoms. The number of furan rings is 1. The molecule has 2 fully saturated rings. The third-order valence-corrected chi connectivity index (χ3v) is 6.40. The zero-order valence-corrected chi connectivity index (χ0v) is 19.8. The molecule has 184 valence electrons. The van der Waals surface area contributed by atoms with Crippen LogP contribution in [-0.2, 0) is 14.4 Å². The van der Waals surface area contributed by atoms with E-state index in [9.17, 15) is 19.6 Å². The summed E-state index contributed by atoms with van der Waals surface area (Å²) in [5.74, 6) is -0.384. The second-order valence-electron chi connectivity index (χ2n) is 9.00. The lowest BCUT2D eigenvalue weighted by molar-refractivity contribution is -0.140. The predicted molar refractivity (Wildman–Crippen MR) is 130 cm³/mol. The number of nitrogens with one attached hydrogen (secondary N) is 2. The van der Waals surface area contributed by atoms with Crippen molar-refractivity contribution in [1.82, 2.24) is 15.1 Å². The molecule has 1 aromatic carbocycles. The monoisotopic (exact) mass is 478 g/mol. The second-order valence-corrected chi connectivity index (χ2v) is 9.00. The molecule has 10 nitrogen and oxygen atoms in total. The van der Waals surface area contributed by atoms with Gasteiger partial charge in [-0.25, -0.2) is 0 Å². The van der Waals surface area contributed by atoms with Crippen LogP contribution in [0.5, 0.6) is 0 Å².